The Labute approximate surface area is 300 Å². The number of para-hydroxylation sites is 2. The standard InChI is InChI=1S/C49H44N2/c1-47(2)39-24-28-43-45(46(39)48(3,4)49(47,5)6)38-30-33(23-26-41(38)51(43)35-18-11-8-12-19-35)32-22-25-40-37(29-32)44-36-20-14-13-15-31(36)21-27-42(44)50(40)34-16-9-7-10-17-34/h7-20,22-31H,21H2,1-6H3. The Morgan fingerprint density at radius 2 is 1.20 bits per heavy atom. The summed E-state index contributed by atoms with van der Waals surface area (Å²) in [4.78, 5) is 0. The van der Waals surface area contributed by atoms with Crippen LogP contribution in [0.3, 0.4) is 0 Å². The maximum atomic E-state index is 2.49. The fraction of sp³-hybridized carbons (Fsp3) is 0.224. The van der Waals surface area contributed by atoms with Crippen LogP contribution >= 0.6 is 0 Å². The number of allylic oxidation sites excluding steroid dienone is 4. The fourth-order valence-electron chi connectivity index (χ4n) is 9.89. The minimum atomic E-state index is -0.0261. The molecule has 250 valence electrons. The molecule has 0 spiro atoms. The molecular formula is C49H44N2. The average Bonchev–Trinajstić information content (AvgIpc) is 3.70. The summed E-state index contributed by atoms with van der Waals surface area (Å²) in [6.07, 6.45) is 12.6. The van der Waals surface area contributed by atoms with Crippen molar-refractivity contribution in [3.05, 3.63) is 155 Å². The quantitative estimate of drug-likeness (QED) is 0.179. The normalized spacial score (nSPS) is 19.3. The molecule has 2 nitrogen and oxygen atoms in total. The highest BCUT2D eigenvalue weighted by Crippen LogP contribution is 2.63. The van der Waals surface area contributed by atoms with Gasteiger partial charge in [0.25, 0.3) is 0 Å². The second kappa shape index (κ2) is 10.4. The lowest BCUT2D eigenvalue weighted by molar-refractivity contribution is 0.125. The summed E-state index contributed by atoms with van der Waals surface area (Å²) in [5, 5.41) is 6.73. The molecule has 0 saturated carbocycles. The Morgan fingerprint density at radius 3 is 1.88 bits per heavy atom. The first kappa shape index (κ1) is 30.5. The van der Waals surface area contributed by atoms with Crippen LogP contribution in [0.25, 0.3) is 66.9 Å². The number of benzene rings is 5. The molecule has 7 aromatic rings. The molecule has 0 amide bonds. The van der Waals surface area contributed by atoms with Gasteiger partial charge in [-0.3, -0.25) is 0 Å². The van der Waals surface area contributed by atoms with Crippen molar-refractivity contribution >= 4 is 44.4 Å². The molecule has 0 fully saturated rings. The van der Waals surface area contributed by atoms with E-state index in [1.165, 1.54) is 82.5 Å². The highest BCUT2D eigenvalue weighted by molar-refractivity contribution is 6.13. The molecule has 10 rings (SSSR count). The average molecular weight is 661 g/mol. The van der Waals surface area contributed by atoms with Crippen LogP contribution in [-0.4, -0.2) is 9.13 Å². The van der Waals surface area contributed by atoms with Gasteiger partial charge in [0.05, 0.1) is 21.9 Å². The van der Waals surface area contributed by atoms with Crippen LogP contribution in [0.5, 0.6) is 0 Å². The molecule has 0 aliphatic heterocycles. The predicted molar refractivity (Wildman–Crippen MR) is 216 cm³/mol. The van der Waals surface area contributed by atoms with Crippen molar-refractivity contribution in [2.24, 2.45) is 11.3 Å². The molecule has 0 N–H and O–H groups in total. The first-order valence-corrected chi connectivity index (χ1v) is 18.6. The molecule has 2 heteroatoms. The number of aromatic nitrogens is 2. The Kier molecular flexibility index (Phi) is 6.19. The van der Waals surface area contributed by atoms with Crippen LogP contribution < -0.4 is 10.6 Å². The Hall–Kier alpha value is -5.34. The van der Waals surface area contributed by atoms with E-state index in [0.717, 1.165) is 6.42 Å². The summed E-state index contributed by atoms with van der Waals surface area (Å²) >= 11 is 0. The number of rotatable bonds is 3. The third kappa shape index (κ3) is 3.94. The minimum absolute atomic E-state index is 0.0261. The van der Waals surface area contributed by atoms with Crippen molar-refractivity contribution in [1.82, 2.24) is 9.13 Å². The number of hydrogen-bond acceptors (Lipinski definition) is 0. The molecule has 5 aromatic carbocycles. The maximum Gasteiger partial charge on any atom is 0.0544 e. The lowest BCUT2D eigenvalue weighted by Crippen LogP contribution is -2.42. The largest absolute Gasteiger partial charge is 0.310 e. The fourth-order valence-corrected chi connectivity index (χ4v) is 9.89. The van der Waals surface area contributed by atoms with E-state index in [1.54, 1.807) is 0 Å². The predicted octanol–water partition coefficient (Wildman–Crippen LogP) is 11.1. The lowest BCUT2D eigenvalue weighted by Gasteiger charge is -2.44. The van der Waals surface area contributed by atoms with Gasteiger partial charge in [0.1, 0.15) is 0 Å². The number of fused-ring (bicyclic) bond motifs is 9. The highest BCUT2D eigenvalue weighted by Gasteiger charge is 2.57. The van der Waals surface area contributed by atoms with Gasteiger partial charge in [-0.15, -0.1) is 0 Å². The maximum absolute atomic E-state index is 2.49. The summed E-state index contributed by atoms with van der Waals surface area (Å²) in [5.74, 6) is 0.417. The highest BCUT2D eigenvalue weighted by atomic mass is 15.0. The molecule has 3 aliphatic carbocycles. The zero-order valence-electron chi connectivity index (χ0n) is 30.5. The van der Waals surface area contributed by atoms with Crippen LogP contribution in [0.2, 0.25) is 0 Å². The van der Waals surface area contributed by atoms with E-state index in [2.05, 4.69) is 190 Å². The van der Waals surface area contributed by atoms with Gasteiger partial charge >= 0.3 is 0 Å². The first-order valence-electron chi connectivity index (χ1n) is 18.6. The molecule has 0 radical (unpaired) electrons. The third-order valence-electron chi connectivity index (χ3n) is 13.7. The van der Waals surface area contributed by atoms with Crippen LogP contribution in [-0.2, 0) is 10.8 Å². The molecule has 0 bridgehead atoms. The van der Waals surface area contributed by atoms with Crippen LogP contribution in [0.1, 0.15) is 59.1 Å². The smallest absolute Gasteiger partial charge is 0.0544 e. The summed E-state index contributed by atoms with van der Waals surface area (Å²) in [5.41, 5.74) is 13.2. The van der Waals surface area contributed by atoms with Crippen molar-refractivity contribution in [2.45, 2.75) is 58.8 Å². The zero-order chi connectivity index (χ0) is 34.9. The molecule has 0 saturated heterocycles. The van der Waals surface area contributed by atoms with Gasteiger partial charge in [-0.05, 0) is 105 Å². The van der Waals surface area contributed by atoms with E-state index in [1.807, 2.05) is 0 Å². The molecule has 2 heterocycles. The van der Waals surface area contributed by atoms with E-state index < -0.39 is 0 Å². The third-order valence-corrected chi connectivity index (χ3v) is 13.7. The van der Waals surface area contributed by atoms with Crippen molar-refractivity contribution in [3.63, 3.8) is 0 Å². The Morgan fingerprint density at radius 1 is 0.588 bits per heavy atom. The van der Waals surface area contributed by atoms with Crippen molar-refractivity contribution in [2.75, 3.05) is 0 Å². The second-order valence-electron chi connectivity index (χ2n) is 16.6. The minimum Gasteiger partial charge on any atom is -0.310 e. The monoisotopic (exact) mass is 660 g/mol. The Bertz CT molecular complexity index is 2780. The van der Waals surface area contributed by atoms with Gasteiger partial charge in [0, 0.05) is 38.7 Å². The summed E-state index contributed by atoms with van der Waals surface area (Å²) in [7, 11) is 0. The first-order chi connectivity index (χ1) is 24.6. The molecule has 2 aromatic heterocycles. The molecule has 1 atom stereocenters. The van der Waals surface area contributed by atoms with Gasteiger partial charge in [-0.2, -0.15) is 0 Å². The number of nitrogens with zero attached hydrogens (tertiary/aromatic N) is 2. The van der Waals surface area contributed by atoms with Crippen LogP contribution in [0.4, 0.5) is 0 Å². The Balaban J connectivity index is 1.28. The van der Waals surface area contributed by atoms with Gasteiger partial charge in [-0.25, -0.2) is 0 Å². The van der Waals surface area contributed by atoms with Crippen molar-refractivity contribution < 1.29 is 0 Å². The van der Waals surface area contributed by atoms with E-state index >= 15 is 0 Å². The molecular weight excluding hydrogens is 617 g/mol. The van der Waals surface area contributed by atoms with E-state index in [-0.39, 0.29) is 16.2 Å². The van der Waals surface area contributed by atoms with Gasteiger partial charge in [-0.1, -0.05) is 127 Å². The van der Waals surface area contributed by atoms with Gasteiger partial charge in [0.2, 0.25) is 0 Å². The SMILES string of the molecule is CC1(C)c2ccc3c(c2C(C)(C)C1(C)C)c1cc(-c2ccc4c(c2)c2c(n4-c4ccccc4)=CCC4C=CC=CC=24)ccc1n3-c1ccccc1. The van der Waals surface area contributed by atoms with E-state index in [0.29, 0.717) is 5.92 Å². The topological polar surface area (TPSA) is 9.86 Å². The van der Waals surface area contributed by atoms with Gasteiger partial charge in [0.15, 0.2) is 0 Å². The van der Waals surface area contributed by atoms with Crippen molar-refractivity contribution in [3.8, 4) is 22.5 Å². The summed E-state index contributed by atoms with van der Waals surface area (Å²) in [6, 6.07) is 40.9. The second-order valence-corrected chi connectivity index (χ2v) is 16.6. The van der Waals surface area contributed by atoms with E-state index in [4.69, 9.17) is 0 Å². The molecule has 51 heavy (non-hydrogen) atoms. The molecule has 3 aliphatic rings. The van der Waals surface area contributed by atoms with Crippen LogP contribution in [0.15, 0.2) is 133 Å². The number of hydrogen-bond donors (Lipinski definition) is 0. The van der Waals surface area contributed by atoms with E-state index in [9.17, 15) is 0 Å². The molecule has 1 unspecified atom stereocenters. The summed E-state index contributed by atoms with van der Waals surface area (Å²) < 4.78 is 4.95. The van der Waals surface area contributed by atoms with Crippen molar-refractivity contribution in [1.29, 1.82) is 0 Å². The van der Waals surface area contributed by atoms with Gasteiger partial charge < -0.3 is 9.13 Å². The summed E-state index contributed by atoms with van der Waals surface area (Å²) in [6.45, 7) is 14.8. The zero-order valence-corrected chi connectivity index (χ0v) is 30.5. The van der Waals surface area contributed by atoms with Crippen LogP contribution in [0, 0.1) is 11.3 Å². The lowest BCUT2D eigenvalue weighted by atomic mass is 9.59.